The zero-order chi connectivity index (χ0) is 13.1. The van der Waals surface area contributed by atoms with Crippen LogP contribution in [0.15, 0.2) is 22.7 Å². The minimum absolute atomic E-state index is 0.141. The van der Waals surface area contributed by atoms with Gasteiger partial charge in [0.15, 0.2) is 0 Å². The molecular formula is C14H20BrNO2. The molecule has 0 saturated heterocycles. The number of anilines is 1. The standard InChI is InChI=1S/C14H20BrNO2/c1-10(18)13-6-5-11(15)9-14(13)16(7-8-17)12-3-2-4-12/h5-6,9-10,12,17-18H,2-4,7-8H2,1H3. The van der Waals surface area contributed by atoms with Crippen molar-refractivity contribution < 1.29 is 10.2 Å². The third kappa shape index (κ3) is 2.87. The maximum atomic E-state index is 9.88. The van der Waals surface area contributed by atoms with E-state index in [-0.39, 0.29) is 6.61 Å². The fourth-order valence-electron chi connectivity index (χ4n) is 2.42. The largest absolute Gasteiger partial charge is 0.395 e. The van der Waals surface area contributed by atoms with Crippen molar-refractivity contribution in [3.05, 3.63) is 28.2 Å². The summed E-state index contributed by atoms with van der Waals surface area (Å²) in [6.45, 7) is 2.55. The van der Waals surface area contributed by atoms with Gasteiger partial charge in [0.2, 0.25) is 0 Å². The zero-order valence-corrected chi connectivity index (χ0v) is 12.2. The van der Waals surface area contributed by atoms with E-state index < -0.39 is 6.10 Å². The molecule has 1 saturated carbocycles. The van der Waals surface area contributed by atoms with E-state index in [4.69, 9.17) is 0 Å². The first-order valence-electron chi connectivity index (χ1n) is 6.48. The number of halogens is 1. The topological polar surface area (TPSA) is 43.7 Å². The number of rotatable bonds is 5. The highest BCUT2D eigenvalue weighted by Crippen LogP contribution is 2.35. The van der Waals surface area contributed by atoms with Gasteiger partial charge in [-0.05, 0) is 38.3 Å². The van der Waals surface area contributed by atoms with Gasteiger partial charge in [-0.15, -0.1) is 0 Å². The molecule has 0 bridgehead atoms. The van der Waals surface area contributed by atoms with E-state index in [1.54, 1.807) is 6.92 Å². The van der Waals surface area contributed by atoms with Crippen LogP contribution in [-0.2, 0) is 0 Å². The number of aliphatic hydroxyl groups excluding tert-OH is 2. The first-order chi connectivity index (χ1) is 8.63. The fourth-order valence-corrected chi connectivity index (χ4v) is 2.77. The van der Waals surface area contributed by atoms with Crippen molar-refractivity contribution in [3.63, 3.8) is 0 Å². The van der Waals surface area contributed by atoms with Gasteiger partial charge in [-0.25, -0.2) is 0 Å². The lowest BCUT2D eigenvalue weighted by atomic mass is 9.90. The van der Waals surface area contributed by atoms with Crippen LogP contribution >= 0.6 is 15.9 Å². The van der Waals surface area contributed by atoms with Crippen molar-refractivity contribution in [2.75, 3.05) is 18.1 Å². The van der Waals surface area contributed by atoms with Crippen LogP contribution in [0, 0.1) is 0 Å². The second-order valence-corrected chi connectivity index (χ2v) is 5.80. The molecule has 3 nitrogen and oxygen atoms in total. The second kappa shape index (κ2) is 6.04. The highest BCUT2D eigenvalue weighted by molar-refractivity contribution is 9.10. The smallest absolute Gasteiger partial charge is 0.0782 e. The monoisotopic (exact) mass is 313 g/mol. The van der Waals surface area contributed by atoms with Crippen LogP contribution in [0.1, 0.15) is 37.9 Å². The van der Waals surface area contributed by atoms with Crippen LogP contribution in [0.2, 0.25) is 0 Å². The summed E-state index contributed by atoms with van der Waals surface area (Å²) >= 11 is 3.48. The number of benzene rings is 1. The predicted octanol–water partition coefficient (Wildman–Crippen LogP) is 2.85. The van der Waals surface area contributed by atoms with Crippen LogP contribution in [-0.4, -0.2) is 29.4 Å². The third-order valence-corrected chi connectivity index (χ3v) is 4.10. The quantitative estimate of drug-likeness (QED) is 0.878. The summed E-state index contributed by atoms with van der Waals surface area (Å²) in [6.07, 6.45) is 3.11. The summed E-state index contributed by atoms with van der Waals surface area (Å²) in [5.74, 6) is 0. The van der Waals surface area contributed by atoms with Crippen molar-refractivity contribution in [2.24, 2.45) is 0 Å². The van der Waals surface area contributed by atoms with E-state index in [9.17, 15) is 10.2 Å². The Morgan fingerprint density at radius 1 is 1.44 bits per heavy atom. The lowest BCUT2D eigenvalue weighted by Gasteiger charge is -2.40. The number of hydrogen-bond acceptors (Lipinski definition) is 3. The number of nitrogens with zero attached hydrogens (tertiary/aromatic N) is 1. The molecule has 0 amide bonds. The number of aliphatic hydroxyl groups is 2. The summed E-state index contributed by atoms with van der Waals surface area (Å²) in [5, 5.41) is 19.1. The van der Waals surface area contributed by atoms with Gasteiger partial charge in [0.05, 0.1) is 12.7 Å². The minimum Gasteiger partial charge on any atom is -0.395 e. The zero-order valence-electron chi connectivity index (χ0n) is 10.6. The summed E-state index contributed by atoms with van der Waals surface area (Å²) in [6, 6.07) is 6.44. The lowest BCUT2D eigenvalue weighted by molar-refractivity contribution is 0.198. The van der Waals surface area contributed by atoms with Gasteiger partial charge >= 0.3 is 0 Å². The highest BCUT2D eigenvalue weighted by Gasteiger charge is 2.27. The first kappa shape index (κ1) is 13.8. The molecule has 0 spiro atoms. The predicted molar refractivity (Wildman–Crippen MR) is 76.8 cm³/mol. The van der Waals surface area contributed by atoms with E-state index in [0.717, 1.165) is 15.7 Å². The highest BCUT2D eigenvalue weighted by atomic mass is 79.9. The van der Waals surface area contributed by atoms with E-state index in [1.165, 1.54) is 19.3 Å². The molecule has 18 heavy (non-hydrogen) atoms. The molecule has 0 aliphatic heterocycles. The van der Waals surface area contributed by atoms with E-state index in [2.05, 4.69) is 20.8 Å². The fraction of sp³-hybridized carbons (Fsp3) is 0.571. The number of hydrogen-bond donors (Lipinski definition) is 2. The van der Waals surface area contributed by atoms with Crippen LogP contribution in [0.5, 0.6) is 0 Å². The minimum atomic E-state index is -0.491. The molecule has 1 aromatic carbocycles. The third-order valence-electron chi connectivity index (χ3n) is 3.61. The molecule has 100 valence electrons. The average molecular weight is 314 g/mol. The van der Waals surface area contributed by atoms with E-state index >= 15 is 0 Å². The Morgan fingerprint density at radius 3 is 2.67 bits per heavy atom. The van der Waals surface area contributed by atoms with Gasteiger partial charge in [0, 0.05) is 28.3 Å². The maximum absolute atomic E-state index is 9.88. The molecular weight excluding hydrogens is 294 g/mol. The Balaban J connectivity index is 2.34. The van der Waals surface area contributed by atoms with Crippen molar-refractivity contribution in [1.29, 1.82) is 0 Å². The van der Waals surface area contributed by atoms with Crippen molar-refractivity contribution in [1.82, 2.24) is 0 Å². The Morgan fingerprint density at radius 2 is 2.17 bits per heavy atom. The van der Waals surface area contributed by atoms with Crippen molar-refractivity contribution >= 4 is 21.6 Å². The van der Waals surface area contributed by atoms with Crippen LogP contribution in [0.3, 0.4) is 0 Å². The van der Waals surface area contributed by atoms with Crippen LogP contribution < -0.4 is 4.90 Å². The van der Waals surface area contributed by atoms with Gasteiger partial charge in [0.25, 0.3) is 0 Å². The molecule has 1 fully saturated rings. The summed E-state index contributed by atoms with van der Waals surface area (Å²) in [7, 11) is 0. The molecule has 1 unspecified atom stereocenters. The molecule has 1 aromatic rings. The summed E-state index contributed by atoms with van der Waals surface area (Å²) in [5.41, 5.74) is 1.97. The molecule has 0 radical (unpaired) electrons. The van der Waals surface area contributed by atoms with Gasteiger partial charge in [-0.3, -0.25) is 0 Å². The Kier molecular flexibility index (Phi) is 4.65. The first-order valence-corrected chi connectivity index (χ1v) is 7.27. The molecule has 2 rings (SSSR count). The van der Waals surface area contributed by atoms with Crippen molar-refractivity contribution in [2.45, 2.75) is 38.3 Å². The van der Waals surface area contributed by atoms with Gasteiger partial charge < -0.3 is 15.1 Å². The Labute approximate surface area is 117 Å². The SMILES string of the molecule is CC(O)c1ccc(Br)cc1N(CCO)C1CCC1. The Bertz CT molecular complexity index is 405. The van der Waals surface area contributed by atoms with Gasteiger partial charge in [0.1, 0.15) is 0 Å². The van der Waals surface area contributed by atoms with E-state index in [0.29, 0.717) is 12.6 Å². The van der Waals surface area contributed by atoms with E-state index in [1.807, 2.05) is 18.2 Å². The lowest BCUT2D eigenvalue weighted by Crippen LogP contribution is -2.42. The second-order valence-electron chi connectivity index (χ2n) is 4.88. The van der Waals surface area contributed by atoms with Crippen LogP contribution in [0.25, 0.3) is 0 Å². The average Bonchev–Trinajstić information content (AvgIpc) is 2.25. The van der Waals surface area contributed by atoms with Crippen molar-refractivity contribution in [3.8, 4) is 0 Å². The maximum Gasteiger partial charge on any atom is 0.0782 e. The molecule has 0 aromatic heterocycles. The van der Waals surface area contributed by atoms with Gasteiger partial charge in [-0.2, -0.15) is 0 Å². The molecule has 0 heterocycles. The summed E-state index contributed by atoms with van der Waals surface area (Å²) < 4.78 is 1.00. The normalized spacial score (nSPS) is 17.3. The van der Waals surface area contributed by atoms with Gasteiger partial charge in [-0.1, -0.05) is 22.0 Å². The molecule has 1 aliphatic carbocycles. The van der Waals surface area contributed by atoms with Crippen LogP contribution in [0.4, 0.5) is 5.69 Å². The molecule has 1 aliphatic rings. The molecule has 1 atom stereocenters. The summed E-state index contributed by atoms with van der Waals surface area (Å²) in [4.78, 5) is 2.23. The molecule has 2 N–H and O–H groups in total. The molecule has 4 heteroatoms. The Hall–Kier alpha value is -0.580.